The van der Waals surface area contributed by atoms with Crippen molar-refractivity contribution >= 4 is 27.3 Å². The molecular weight excluding hydrogens is 348 g/mol. The van der Waals surface area contributed by atoms with Crippen LogP contribution in [0, 0.1) is 6.92 Å². The average molecular weight is 369 g/mol. The number of nitrogens with zero attached hydrogens (tertiary/aromatic N) is 4. The van der Waals surface area contributed by atoms with Gasteiger partial charge in [0.05, 0.1) is 6.20 Å². The van der Waals surface area contributed by atoms with Gasteiger partial charge in [-0.3, -0.25) is 4.68 Å². The van der Waals surface area contributed by atoms with E-state index in [1.807, 2.05) is 32.0 Å². The molecule has 24 heavy (non-hydrogen) atoms. The number of hydrogen-bond donors (Lipinski definition) is 0. The molecule has 0 radical (unpaired) electrons. The van der Waals surface area contributed by atoms with E-state index in [2.05, 4.69) is 10.00 Å². The number of aromatic nitrogens is 2. The molecule has 1 aromatic heterocycles. The molecule has 1 saturated heterocycles. The minimum atomic E-state index is -3.48. The van der Waals surface area contributed by atoms with Crippen molar-refractivity contribution in [2.24, 2.45) is 0 Å². The fourth-order valence-corrected chi connectivity index (χ4v) is 4.44. The van der Waals surface area contributed by atoms with Crippen molar-refractivity contribution in [3.05, 3.63) is 41.2 Å². The number of hydrogen-bond acceptors (Lipinski definition) is 4. The second-order valence-electron chi connectivity index (χ2n) is 5.85. The summed E-state index contributed by atoms with van der Waals surface area (Å²) >= 11 is 6.09. The third kappa shape index (κ3) is 3.29. The molecule has 1 aliphatic rings. The summed E-state index contributed by atoms with van der Waals surface area (Å²) in [6.07, 6.45) is 3.01. The lowest BCUT2D eigenvalue weighted by Crippen LogP contribution is -2.48. The number of benzene rings is 1. The first-order valence-corrected chi connectivity index (χ1v) is 9.77. The molecule has 0 N–H and O–H groups in total. The molecule has 2 aromatic rings. The van der Waals surface area contributed by atoms with Gasteiger partial charge in [0.15, 0.2) is 0 Å². The predicted molar refractivity (Wildman–Crippen MR) is 95.1 cm³/mol. The van der Waals surface area contributed by atoms with Crippen molar-refractivity contribution in [1.29, 1.82) is 0 Å². The van der Waals surface area contributed by atoms with Crippen LogP contribution in [-0.4, -0.2) is 48.7 Å². The van der Waals surface area contributed by atoms with Crippen molar-refractivity contribution in [2.45, 2.75) is 25.3 Å². The van der Waals surface area contributed by atoms with E-state index >= 15 is 0 Å². The monoisotopic (exact) mass is 368 g/mol. The van der Waals surface area contributed by atoms with E-state index < -0.39 is 10.0 Å². The number of sulfonamides is 1. The van der Waals surface area contributed by atoms with Gasteiger partial charge >= 0.3 is 0 Å². The Labute approximate surface area is 147 Å². The Bertz CT molecular complexity index is 826. The SMILES string of the molecule is CCn1cc(S(=O)(=O)N2CCN(c3cc(Cl)ccc3C)CC2)cn1. The molecule has 130 valence electrons. The van der Waals surface area contributed by atoms with Crippen LogP contribution < -0.4 is 4.90 Å². The summed E-state index contributed by atoms with van der Waals surface area (Å²) in [5, 5.41) is 4.76. The van der Waals surface area contributed by atoms with Gasteiger partial charge in [-0.1, -0.05) is 17.7 Å². The van der Waals surface area contributed by atoms with E-state index in [1.165, 1.54) is 10.5 Å². The first-order chi connectivity index (χ1) is 11.4. The maximum atomic E-state index is 12.7. The van der Waals surface area contributed by atoms with E-state index in [0.29, 0.717) is 37.7 Å². The van der Waals surface area contributed by atoms with Gasteiger partial charge in [0, 0.05) is 49.6 Å². The summed E-state index contributed by atoms with van der Waals surface area (Å²) in [5.41, 5.74) is 2.21. The third-order valence-corrected chi connectivity index (χ3v) is 6.41. The number of halogens is 1. The summed E-state index contributed by atoms with van der Waals surface area (Å²) in [6.45, 7) is 6.79. The maximum Gasteiger partial charge on any atom is 0.246 e. The summed E-state index contributed by atoms with van der Waals surface area (Å²) in [4.78, 5) is 2.44. The molecular formula is C16H21ClN4O2S. The van der Waals surface area contributed by atoms with Gasteiger partial charge in [-0.05, 0) is 31.5 Å². The first kappa shape index (κ1) is 17.3. The Hall–Kier alpha value is -1.57. The predicted octanol–water partition coefficient (Wildman–Crippen LogP) is 2.38. The van der Waals surface area contributed by atoms with Gasteiger partial charge in [-0.25, -0.2) is 8.42 Å². The standard InChI is InChI=1S/C16H21ClN4O2S/c1-3-20-12-15(11-18-20)24(22,23)21-8-6-19(7-9-21)16-10-14(17)5-4-13(16)2/h4-5,10-12H,3,6-9H2,1-2H3. The van der Waals surface area contributed by atoms with Crippen LogP contribution in [0.5, 0.6) is 0 Å². The summed E-state index contributed by atoms with van der Waals surface area (Å²) in [5.74, 6) is 0. The molecule has 0 amide bonds. The first-order valence-electron chi connectivity index (χ1n) is 7.95. The Balaban J connectivity index is 1.73. The lowest BCUT2D eigenvalue weighted by Gasteiger charge is -2.36. The van der Waals surface area contributed by atoms with Crippen LogP contribution in [0.2, 0.25) is 5.02 Å². The van der Waals surface area contributed by atoms with Crippen LogP contribution in [0.25, 0.3) is 0 Å². The van der Waals surface area contributed by atoms with Crippen molar-refractivity contribution in [3.63, 3.8) is 0 Å². The van der Waals surface area contributed by atoms with Gasteiger partial charge < -0.3 is 4.90 Å². The highest BCUT2D eigenvalue weighted by molar-refractivity contribution is 7.89. The number of rotatable bonds is 4. The van der Waals surface area contributed by atoms with Gasteiger partial charge in [0.1, 0.15) is 4.90 Å². The Morgan fingerprint density at radius 1 is 1.21 bits per heavy atom. The van der Waals surface area contributed by atoms with Crippen LogP contribution in [-0.2, 0) is 16.6 Å². The highest BCUT2D eigenvalue weighted by Crippen LogP contribution is 2.26. The molecule has 1 fully saturated rings. The third-order valence-electron chi connectivity index (χ3n) is 4.32. The zero-order valence-corrected chi connectivity index (χ0v) is 15.4. The number of anilines is 1. The largest absolute Gasteiger partial charge is 0.369 e. The van der Waals surface area contributed by atoms with Crippen LogP contribution in [0.3, 0.4) is 0 Å². The van der Waals surface area contributed by atoms with Gasteiger partial charge in [0.25, 0.3) is 0 Å². The van der Waals surface area contributed by atoms with Gasteiger partial charge in [-0.2, -0.15) is 9.40 Å². The molecule has 0 atom stereocenters. The molecule has 2 heterocycles. The van der Waals surface area contributed by atoms with E-state index in [1.54, 1.807) is 10.9 Å². The summed E-state index contributed by atoms with van der Waals surface area (Å²) < 4.78 is 28.6. The average Bonchev–Trinajstić information content (AvgIpc) is 3.07. The molecule has 0 spiro atoms. The Morgan fingerprint density at radius 3 is 2.54 bits per heavy atom. The molecule has 1 aliphatic heterocycles. The van der Waals surface area contributed by atoms with Crippen LogP contribution >= 0.6 is 11.6 Å². The summed E-state index contributed by atoms with van der Waals surface area (Å²) in [7, 11) is -3.48. The quantitative estimate of drug-likeness (QED) is 0.831. The second kappa shape index (κ2) is 6.74. The van der Waals surface area contributed by atoms with Gasteiger partial charge in [-0.15, -0.1) is 0 Å². The summed E-state index contributed by atoms with van der Waals surface area (Å²) in [6, 6.07) is 5.79. The molecule has 1 aromatic carbocycles. The Kier molecular flexibility index (Phi) is 4.85. The molecule has 0 unspecified atom stereocenters. The van der Waals surface area contributed by atoms with Crippen molar-refractivity contribution in [2.75, 3.05) is 31.1 Å². The lowest BCUT2D eigenvalue weighted by molar-refractivity contribution is 0.384. The highest BCUT2D eigenvalue weighted by atomic mass is 35.5. The van der Waals surface area contributed by atoms with Crippen molar-refractivity contribution in [1.82, 2.24) is 14.1 Å². The zero-order chi connectivity index (χ0) is 17.3. The number of aryl methyl sites for hydroxylation is 2. The van der Waals surface area contributed by atoms with Crippen LogP contribution in [0.4, 0.5) is 5.69 Å². The number of piperazine rings is 1. The minimum Gasteiger partial charge on any atom is -0.369 e. The molecule has 6 nitrogen and oxygen atoms in total. The van der Waals surface area contributed by atoms with Crippen molar-refractivity contribution in [3.8, 4) is 0 Å². The van der Waals surface area contributed by atoms with Crippen LogP contribution in [0.15, 0.2) is 35.5 Å². The highest BCUT2D eigenvalue weighted by Gasteiger charge is 2.30. The molecule has 8 heteroatoms. The van der Waals surface area contributed by atoms with Gasteiger partial charge in [0.2, 0.25) is 10.0 Å². The normalized spacial score (nSPS) is 16.5. The second-order valence-corrected chi connectivity index (χ2v) is 8.23. The minimum absolute atomic E-state index is 0.261. The fourth-order valence-electron chi connectivity index (χ4n) is 2.89. The van der Waals surface area contributed by atoms with Crippen LogP contribution in [0.1, 0.15) is 12.5 Å². The fraction of sp³-hybridized carbons (Fsp3) is 0.438. The smallest absolute Gasteiger partial charge is 0.246 e. The molecule has 0 saturated carbocycles. The van der Waals surface area contributed by atoms with E-state index in [0.717, 1.165) is 11.3 Å². The van der Waals surface area contributed by atoms with Crippen molar-refractivity contribution < 1.29 is 8.42 Å². The van der Waals surface area contributed by atoms with E-state index in [9.17, 15) is 8.42 Å². The maximum absolute atomic E-state index is 12.7. The zero-order valence-electron chi connectivity index (χ0n) is 13.8. The lowest BCUT2D eigenvalue weighted by atomic mass is 10.1. The topological polar surface area (TPSA) is 58.4 Å². The molecule has 0 bridgehead atoms. The Morgan fingerprint density at radius 2 is 1.92 bits per heavy atom. The van der Waals surface area contributed by atoms with E-state index in [-0.39, 0.29) is 4.90 Å². The molecule has 3 rings (SSSR count). The molecule has 0 aliphatic carbocycles. The van der Waals surface area contributed by atoms with E-state index in [4.69, 9.17) is 11.6 Å².